The molecular weight excluding hydrogens is 534 g/mol. The van der Waals surface area contributed by atoms with Crippen LogP contribution in [0.2, 0.25) is 0 Å². The summed E-state index contributed by atoms with van der Waals surface area (Å²) >= 11 is 1.36. The van der Waals surface area contributed by atoms with Crippen molar-refractivity contribution in [2.24, 2.45) is 0 Å². The van der Waals surface area contributed by atoms with E-state index in [-0.39, 0.29) is 17.4 Å². The number of para-hydroxylation sites is 1. The Kier molecular flexibility index (Phi) is 9.96. The molecule has 0 radical (unpaired) electrons. The molecule has 0 saturated carbocycles. The number of hydrogen-bond acceptors (Lipinski definition) is 5. The molecule has 4 aromatic rings. The molecule has 3 amide bonds. The number of rotatable bonds is 10. The number of anilines is 2. The first-order chi connectivity index (χ1) is 19.8. The Morgan fingerprint density at radius 1 is 0.805 bits per heavy atom. The molecule has 7 nitrogen and oxygen atoms in total. The van der Waals surface area contributed by atoms with Crippen LogP contribution in [-0.2, 0) is 9.59 Å². The normalized spacial score (nSPS) is 11.0. The Hall–Kier alpha value is -4.82. The van der Waals surface area contributed by atoms with Crippen molar-refractivity contribution in [3.63, 3.8) is 0 Å². The molecule has 0 heterocycles. The second-order valence-electron chi connectivity index (χ2n) is 9.24. The van der Waals surface area contributed by atoms with Crippen LogP contribution in [0.5, 0.6) is 5.75 Å². The van der Waals surface area contributed by atoms with Crippen molar-refractivity contribution in [1.29, 1.82) is 0 Å². The molecule has 0 saturated heterocycles. The van der Waals surface area contributed by atoms with Gasteiger partial charge in [-0.3, -0.25) is 14.4 Å². The van der Waals surface area contributed by atoms with Gasteiger partial charge in [0.25, 0.3) is 11.8 Å². The van der Waals surface area contributed by atoms with E-state index in [4.69, 9.17) is 4.74 Å². The molecular formula is C33H31N3O4S. The molecule has 0 fully saturated rings. The van der Waals surface area contributed by atoms with Gasteiger partial charge in [0.05, 0.1) is 12.9 Å². The van der Waals surface area contributed by atoms with Gasteiger partial charge < -0.3 is 20.7 Å². The lowest BCUT2D eigenvalue weighted by atomic mass is 10.1. The standard InChI is InChI=1S/C33H31N3O4S/c1-22-9-7-10-23(2)31(22)36-30(37)21-41-28-14-8-13-26(20-28)34-33(39)29(19-24-15-17-27(40-3)18-16-24)35-32(38)25-11-5-4-6-12-25/h4-20H,21H2,1-3H3,(H,34,39)(H,35,38)(H,36,37)/b29-19+. The van der Waals surface area contributed by atoms with Gasteiger partial charge in [0.15, 0.2) is 0 Å². The van der Waals surface area contributed by atoms with Crippen LogP contribution in [0.25, 0.3) is 6.08 Å². The molecule has 0 atom stereocenters. The molecule has 41 heavy (non-hydrogen) atoms. The number of thioether (sulfide) groups is 1. The van der Waals surface area contributed by atoms with E-state index in [1.807, 2.05) is 44.2 Å². The highest BCUT2D eigenvalue weighted by molar-refractivity contribution is 8.00. The molecule has 0 bridgehead atoms. The maximum absolute atomic E-state index is 13.4. The van der Waals surface area contributed by atoms with Gasteiger partial charge in [0, 0.05) is 21.8 Å². The summed E-state index contributed by atoms with van der Waals surface area (Å²) in [6.07, 6.45) is 1.60. The van der Waals surface area contributed by atoms with Crippen molar-refractivity contribution in [2.45, 2.75) is 18.7 Å². The van der Waals surface area contributed by atoms with Gasteiger partial charge in [0.1, 0.15) is 11.4 Å². The number of aryl methyl sites for hydroxylation is 2. The second-order valence-corrected chi connectivity index (χ2v) is 10.3. The van der Waals surface area contributed by atoms with Crippen molar-refractivity contribution < 1.29 is 19.1 Å². The Balaban J connectivity index is 1.46. The third-order valence-electron chi connectivity index (χ3n) is 6.16. The minimum absolute atomic E-state index is 0.0788. The molecule has 3 N–H and O–H groups in total. The molecule has 0 unspecified atom stereocenters. The maximum Gasteiger partial charge on any atom is 0.272 e. The van der Waals surface area contributed by atoms with Crippen LogP contribution in [-0.4, -0.2) is 30.6 Å². The van der Waals surface area contributed by atoms with Crippen LogP contribution >= 0.6 is 11.8 Å². The van der Waals surface area contributed by atoms with E-state index < -0.39 is 11.8 Å². The fourth-order valence-electron chi connectivity index (χ4n) is 4.01. The number of benzene rings is 4. The van der Waals surface area contributed by atoms with E-state index in [2.05, 4.69) is 16.0 Å². The fourth-order valence-corrected chi connectivity index (χ4v) is 4.76. The van der Waals surface area contributed by atoms with E-state index in [9.17, 15) is 14.4 Å². The summed E-state index contributed by atoms with van der Waals surface area (Å²) in [6, 6.07) is 28.9. The number of carbonyl (C=O) groups excluding carboxylic acids is 3. The zero-order chi connectivity index (χ0) is 29.2. The number of nitrogens with one attached hydrogen (secondary N) is 3. The predicted octanol–water partition coefficient (Wildman–Crippen LogP) is 6.45. The Morgan fingerprint density at radius 3 is 2.17 bits per heavy atom. The summed E-state index contributed by atoms with van der Waals surface area (Å²) in [5.74, 6) is -0.116. The van der Waals surface area contributed by atoms with Crippen LogP contribution in [0.3, 0.4) is 0 Å². The van der Waals surface area contributed by atoms with Crippen LogP contribution in [0.4, 0.5) is 11.4 Å². The third-order valence-corrected chi connectivity index (χ3v) is 7.16. The monoisotopic (exact) mass is 565 g/mol. The van der Waals surface area contributed by atoms with Gasteiger partial charge >= 0.3 is 0 Å². The van der Waals surface area contributed by atoms with Crippen LogP contribution in [0.15, 0.2) is 108 Å². The Morgan fingerprint density at radius 2 is 1.49 bits per heavy atom. The smallest absolute Gasteiger partial charge is 0.272 e. The first-order valence-corrected chi connectivity index (χ1v) is 13.9. The minimum atomic E-state index is -0.486. The lowest BCUT2D eigenvalue weighted by Gasteiger charge is -2.13. The number of hydrogen-bond donors (Lipinski definition) is 3. The van der Waals surface area contributed by atoms with Gasteiger partial charge in [-0.2, -0.15) is 0 Å². The molecule has 0 aliphatic carbocycles. The lowest BCUT2D eigenvalue weighted by molar-refractivity contribution is -0.114. The van der Waals surface area contributed by atoms with E-state index in [0.29, 0.717) is 22.6 Å². The number of amides is 3. The SMILES string of the molecule is COc1ccc(/C=C(/NC(=O)c2ccccc2)C(=O)Nc2cccc(SCC(=O)Nc3c(C)cccc3C)c2)cc1. The Labute approximate surface area is 244 Å². The quantitative estimate of drug-likeness (QED) is 0.152. The van der Waals surface area contributed by atoms with Crippen molar-refractivity contribution in [3.8, 4) is 5.75 Å². The summed E-state index contributed by atoms with van der Waals surface area (Å²) in [5, 5.41) is 8.59. The lowest BCUT2D eigenvalue weighted by Crippen LogP contribution is -2.30. The van der Waals surface area contributed by atoms with Crippen LogP contribution in [0, 0.1) is 13.8 Å². The second kappa shape index (κ2) is 14.0. The van der Waals surface area contributed by atoms with Gasteiger partial charge in [-0.05, 0) is 79.1 Å². The van der Waals surface area contributed by atoms with Gasteiger partial charge in [-0.25, -0.2) is 0 Å². The average molecular weight is 566 g/mol. The number of carbonyl (C=O) groups is 3. The van der Waals surface area contributed by atoms with E-state index in [1.54, 1.807) is 79.9 Å². The summed E-state index contributed by atoms with van der Waals surface area (Å²) in [7, 11) is 1.58. The van der Waals surface area contributed by atoms with Crippen molar-refractivity contribution >= 4 is 46.9 Å². The molecule has 0 aliphatic rings. The first kappa shape index (κ1) is 29.2. The zero-order valence-corrected chi connectivity index (χ0v) is 23.9. The largest absolute Gasteiger partial charge is 0.497 e. The molecule has 4 aromatic carbocycles. The highest BCUT2D eigenvalue weighted by Crippen LogP contribution is 2.24. The van der Waals surface area contributed by atoms with Crippen molar-refractivity contribution in [1.82, 2.24) is 5.32 Å². The van der Waals surface area contributed by atoms with E-state index in [1.165, 1.54) is 11.8 Å². The maximum atomic E-state index is 13.4. The molecule has 0 spiro atoms. The highest BCUT2D eigenvalue weighted by atomic mass is 32.2. The van der Waals surface area contributed by atoms with Gasteiger partial charge in [-0.1, -0.05) is 54.6 Å². The molecule has 4 rings (SSSR count). The van der Waals surface area contributed by atoms with Gasteiger partial charge in [-0.15, -0.1) is 11.8 Å². The summed E-state index contributed by atoms with van der Waals surface area (Å²) < 4.78 is 5.21. The molecule has 208 valence electrons. The minimum Gasteiger partial charge on any atom is -0.497 e. The summed E-state index contributed by atoms with van der Waals surface area (Å²) in [4.78, 5) is 39.7. The molecule has 0 aliphatic heterocycles. The molecule has 0 aromatic heterocycles. The highest BCUT2D eigenvalue weighted by Gasteiger charge is 2.16. The number of methoxy groups -OCH3 is 1. The van der Waals surface area contributed by atoms with Crippen molar-refractivity contribution in [3.05, 3.63) is 125 Å². The van der Waals surface area contributed by atoms with Gasteiger partial charge in [0.2, 0.25) is 5.91 Å². The predicted molar refractivity (Wildman–Crippen MR) is 165 cm³/mol. The third kappa shape index (κ3) is 8.33. The average Bonchev–Trinajstić information content (AvgIpc) is 2.98. The van der Waals surface area contributed by atoms with Crippen LogP contribution in [0.1, 0.15) is 27.0 Å². The van der Waals surface area contributed by atoms with Crippen molar-refractivity contribution in [2.75, 3.05) is 23.5 Å². The number of ether oxygens (including phenoxy) is 1. The Bertz CT molecular complexity index is 1550. The summed E-state index contributed by atoms with van der Waals surface area (Å²) in [6.45, 7) is 3.92. The molecule has 8 heteroatoms. The summed E-state index contributed by atoms with van der Waals surface area (Å²) in [5.41, 5.74) is 4.59. The van der Waals surface area contributed by atoms with E-state index in [0.717, 1.165) is 21.7 Å². The topological polar surface area (TPSA) is 96.5 Å². The van der Waals surface area contributed by atoms with E-state index >= 15 is 0 Å². The first-order valence-electron chi connectivity index (χ1n) is 12.9. The van der Waals surface area contributed by atoms with Crippen LogP contribution < -0.4 is 20.7 Å². The fraction of sp³-hybridized carbons (Fsp3) is 0.121. The zero-order valence-electron chi connectivity index (χ0n) is 23.1.